The van der Waals surface area contributed by atoms with Crippen LogP contribution in [0.4, 0.5) is 0 Å². The fraction of sp³-hybridized carbons (Fsp3) is 0.667. The third-order valence-electron chi connectivity index (χ3n) is 1.43. The molecule has 0 aromatic carbocycles. The predicted molar refractivity (Wildman–Crippen MR) is 55.9 cm³/mol. The van der Waals surface area contributed by atoms with Gasteiger partial charge in [0.2, 0.25) is 0 Å². The average molecular weight is 277 g/mol. The molecule has 1 saturated heterocycles. The maximum absolute atomic E-state index is 11.5. The first-order valence-corrected chi connectivity index (χ1v) is 6.73. The van der Waals surface area contributed by atoms with Crippen LogP contribution < -0.4 is 0 Å². The summed E-state index contributed by atoms with van der Waals surface area (Å²) in [7, 11) is 11.8. The van der Waals surface area contributed by atoms with E-state index in [1.807, 2.05) is 0 Å². The molecule has 0 aromatic rings. The highest BCUT2D eigenvalue weighted by Gasteiger charge is 2.58. The van der Waals surface area contributed by atoms with Crippen molar-refractivity contribution >= 4 is 55.3 Å². The van der Waals surface area contributed by atoms with Crippen LogP contribution in [-0.2, 0) is 19.1 Å². The molecule has 0 spiro atoms. The molecule has 1 aliphatic rings. The van der Waals surface area contributed by atoms with E-state index in [1.54, 1.807) is 0 Å². The summed E-state index contributed by atoms with van der Waals surface area (Å²) in [5.74, 6) is -2.88. The Morgan fingerprint density at radius 3 is 1.71 bits per heavy atom. The van der Waals surface area contributed by atoms with Gasteiger partial charge >= 0.3 is 11.9 Å². The van der Waals surface area contributed by atoms with E-state index in [4.69, 9.17) is 30.8 Å². The number of ether oxygens (including phenoxy) is 2. The largest absolute Gasteiger partial charge is 0.421 e. The predicted octanol–water partition coefficient (Wildman–Crippen LogP) is 2.29. The Morgan fingerprint density at radius 1 is 1.07 bits per heavy atom. The number of esters is 2. The van der Waals surface area contributed by atoms with Crippen LogP contribution in [0.5, 0.6) is 0 Å². The Labute approximate surface area is 98.0 Å². The summed E-state index contributed by atoms with van der Waals surface area (Å²) in [6.07, 6.45) is 0. The van der Waals surface area contributed by atoms with Gasteiger partial charge in [-0.3, -0.25) is 0 Å². The molecule has 1 heterocycles. The maximum Gasteiger partial charge on any atom is 0.350 e. The van der Waals surface area contributed by atoms with E-state index in [0.29, 0.717) is 22.0 Å². The first-order chi connectivity index (χ1) is 6.38. The lowest BCUT2D eigenvalue weighted by atomic mass is 10.3. The van der Waals surface area contributed by atoms with Gasteiger partial charge in [0, 0.05) is 13.8 Å². The van der Waals surface area contributed by atoms with Gasteiger partial charge in [-0.15, -0.1) is 0 Å². The lowest BCUT2D eigenvalue weighted by Crippen LogP contribution is -2.54. The monoisotopic (exact) mass is 276 g/mol. The van der Waals surface area contributed by atoms with E-state index >= 15 is 0 Å². The van der Waals surface area contributed by atoms with Crippen LogP contribution in [0.2, 0.25) is 0 Å². The van der Waals surface area contributed by atoms with E-state index < -0.39 is 21.8 Å². The molecule has 0 radical (unpaired) electrons. The number of cyclic esters (lactones) is 2. The van der Waals surface area contributed by atoms with Gasteiger partial charge in [-0.05, 0) is 43.3 Å². The van der Waals surface area contributed by atoms with Crippen molar-refractivity contribution in [3.8, 4) is 0 Å². The molecule has 0 amide bonds. The molecule has 0 N–H and O–H groups in total. The summed E-state index contributed by atoms with van der Waals surface area (Å²) in [6.45, 7) is 2.90. The Bertz CT molecular complexity index is 255. The van der Waals surface area contributed by atoms with Crippen molar-refractivity contribution in [3.63, 3.8) is 0 Å². The van der Waals surface area contributed by atoms with Crippen molar-refractivity contribution in [2.75, 3.05) is 0 Å². The fourth-order valence-electron chi connectivity index (χ4n) is 0.823. The van der Waals surface area contributed by atoms with Gasteiger partial charge in [0.1, 0.15) is 0 Å². The maximum atomic E-state index is 11.5. The highest BCUT2D eigenvalue weighted by atomic mass is 35.7. The topological polar surface area (TPSA) is 52.6 Å². The van der Waals surface area contributed by atoms with Crippen LogP contribution >= 0.6 is 43.3 Å². The smallest absolute Gasteiger partial charge is 0.350 e. The van der Waals surface area contributed by atoms with Gasteiger partial charge in [-0.25, -0.2) is 9.59 Å². The van der Waals surface area contributed by atoms with E-state index in [-0.39, 0.29) is 0 Å². The van der Waals surface area contributed by atoms with Gasteiger partial charge in [-0.2, -0.15) is 0 Å². The highest BCUT2D eigenvalue weighted by molar-refractivity contribution is 8.39. The number of hydrogen-bond acceptors (Lipinski definition) is 6. The standard InChI is InChI=1S/C6H6Cl2O4S2/c1-5(2)11-3(9)6(13-7,14-8)4(10)12-5/h1-2H3. The molecule has 0 saturated carbocycles. The summed E-state index contributed by atoms with van der Waals surface area (Å²) < 4.78 is 7.98. The molecule has 0 unspecified atom stereocenters. The van der Waals surface area contributed by atoms with Crippen LogP contribution in [0.3, 0.4) is 0 Å². The Balaban J connectivity index is 3.01. The number of rotatable bonds is 2. The van der Waals surface area contributed by atoms with Gasteiger partial charge in [0.15, 0.2) is 0 Å². The first-order valence-electron chi connectivity index (χ1n) is 3.44. The SMILES string of the molecule is CC1(C)OC(=O)C(SCl)(SCl)C(=O)O1. The molecular weight excluding hydrogens is 271 g/mol. The average Bonchev–Trinajstić information content (AvgIpc) is 2.03. The number of carbonyl (C=O) groups excluding carboxylic acids is 2. The van der Waals surface area contributed by atoms with E-state index in [9.17, 15) is 9.59 Å². The van der Waals surface area contributed by atoms with Crippen LogP contribution in [0, 0.1) is 0 Å². The zero-order chi connectivity index (χ0) is 11.0. The van der Waals surface area contributed by atoms with Crippen LogP contribution in [0.15, 0.2) is 0 Å². The molecule has 14 heavy (non-hydrogen) atoms. The molecule has 0 atom stereocenters. The molecule has 1 rings (SSSR count). The molecule has 0 bridgehead atoms. The molecular formula is C6H6Cl2O4S2. The second-order valence-corrected chi connectivity index (χ2v) is 5.67. The molecule has 80 valence electrons. The minimum absolute atomic E-state index is 0.464. The van der Waals surface area contributed by atoms with E-state index in [1.165, 1.54) is 13.8 Å². The van der Waals surface area contributed by atoms with Gasteiger partial charge in [0.05, 0.1) is 0 Å². The highest BCUT2D eigenvalue weighted by Crippen LogP contribution is 2.47. The van der Waals surface area contributed by atoms with Crippen LogP contribution in [-0.4, -0.2) is 21.8 Å². The summed E-state index contributed by atoms with van der Waals surface area (Å²) in [5, 5.41) is 0. The molecule has 8 heteroatoms. The Morgan fingerprint density at radius 2 is 1.43 bits per heavy atom. The van der Waals surface area contributed by atoms with Crippen LogP contribution in [0.1, 0.15) is 13.8 Å². The summed E-state index contributed by atoms with van der Waals surface area (Å²) in [5.41, 5.74) is 0. The zero-order valence-corrected chi connectivity index (χ0v) is 10.4. The molecule has 1 fully saturated rings. The summed E-state index contributed by atoms with van der Waals surface area (Å²) in [4.78, 5) is 22.9. The normalized spacial score (nSPS) is 24.0. The minimum Gasteiger partial charge on any atom is -0.421 e. The quantitative estimate of drug-likeness (QED) is 0.438. The number of carbonyl (C=O) groups is 2. The summed E-state index contributed by atoms with van der Waals surface area (Å²) in [6, 6.07) is 0. The second kappa shape index (κ2) is 4.00. The number of hydrogen-bond donors (Lipinski definition) is 0. The molecule has 1 aliphatic heterocycles. The number of halogens is 2. The Kier molecular flexibility index (Phi) is 3.51. The molecule has 4 nitrogen and oxygen atoms in total. The zero-order valence-electron chi connectivity index (χ0n) is 7.21. The van der Waals surface area contributed by atoms with E-state index in [2.05, 4.69) is 0 Å². The minimum atomic E-state index is -1.72. The molecule has 0 aliphatic carbocycles. The van der Waals surface area contributed by atoms with Crippen molar-refractivity contribution in [2.24, 2.45) is 0 Å². The van der Waals surface area contributed by atoms with Crippen molar-refractivity contribution < 1.29 is 19.1 Å². The van der Waals surface area contributed by atoms with Crippen molar-refractivity contribution in [1.82, 2.24) is 0 Å². The Hall–Kier alpha value is 0.220. The van der Waals surface area contributed by atoms with Crippen molar-refractivity contribution in [2.45, 2.75) is 23.7 Å². The van der Waals surface area contributed by atoms with Gasteiger partial charge < -0.3 is 9.47 Å². The van der Waals surface area contributed by atoms with Crippen molar-refractivity contribution in [1.29, 1.82) is 0 Å². The first kappa shape index (κ1) is 12.3. The third kappa shape index (κ3) is 1.93. The second-order valence-electron chi connectivity index (χ2n) is 2.95. The van der Waals surface area contributed by atoms with Gasteiger partial charge in [-0.1, -0.05) is 0 Å². The molecule has 0 aromatic heterocycles. The lowest BCUT2D eigenvalue weighted by molar-refractivity contribution is -0.231. The third-order valence-corrected chi connectivity index (χ3v) is 4.97. The lowest BCUT2D eigenvalue weighted by Gasteiger charge is -2.36. The van der Waals surface area contributed by atoms with Crippen molar-refractivity contribution in [3.05, 3.63) is 0 Å². The van der Waals surface area contributed by atoms with E-state index in [0.717, 1.165) is 0 Å². The van der Waals surface area contributed by atoms with Gasteiger partial charge in [0.25, 0.3) is 9.87 Å². The van der Waals surface area contributed by atoms with Crippen LogP contribution in [0.25, 0.3) is 0 Å². The fourth-order valence-corrected chi connectivity index (χ4v) is 2.95. The summed E-state index contributed by atoms with van der Waals surface area (Å²) >= 11 is 0.